The average Bonchev–Trinajstić information content (AvgIpc) is 2.25. The highest BCUT2D eigenvalue weighted by molar-refractivity contribution is 5.73. The van der Waals surface area contributed by atoms with E-state index in [0.717, 1.165) is 11.5 Å². The first-order valence-electron chi connectivity index (χ1n) is 6.62. The van der Waals surface area contributed by atoms with Crippen LogP contribution < -0.4 is 4.90 Å². The van der Waals surface area contributed by atoms with Crippen molar-refractivity contribution in [2.24, 2.45) is 5.92 Å². The fourth-order valence-corrected chi connectivity index (χ4v) is 1.84. The van der Waals surface area contributed by atoms with E-state index < -0.39 is 5.97 Å². The Morgan fingerprint density at radius 3 is 2.42 bits per heavy atom. The Bertz CT molecular complexity index is 444. The van der Waals surface area contributed by atoms with Crippen LogP contribution in [0.5, 0.6) is 0 Å². The van der Waals surface area contributed by atoms with Gasteiger partial charge < -0.3 is 10.0 Å². The Morgan fingerprint density at radius 2 is 1.95 bits per heavy atom. The smallest absolute Gasteiger partial charge is 0.323 e. The lowest BCUT2D eigenvalue weighted by atomic mass is 10.2. The number of hydrogen-bond donors (Lipinski definition) is 1. The standard InChI is InChI=1S/C14H23N3O2/c1-9(2)7-17(8-13(18)19)12-6-11(5)15-14(16-12)10(3)4/h6,9-10H,7-8H2,1-5H3,(H,18,19). The van der Waals surface area contributed by atoms with Gasteiger partial charge in [-0.3, -0.25) is 4.79 Å². The molecule has 0 amide bonds. The van der Waals surface area contributed by atoms with E-state index in [9.17, 15) is 4.79 Å². The number of anilines is 1. The van der Waals surface area contributed by atoms with Crippen molar-refractivity contribution in [3.8, 4) is 0 Å². The minimum atomic E-state index is -0.844. The van der Waals surface area contributed by atoms with E-state index in [1.54, 1.807) is 4.90 Å². The number of carboxylic acid groups (broad SMARTS) is 1. The molecule has 1 heterocycles. The Hall–Kier alpha value is -1.65. The van der Waals surface area contributed by atoms with Gasteiger partial charge in [-0.2, -0.15) is 0 Å². The molecule has 1 N–H and O–H groups in total. The Labute approximate surface area is 114 Å². The van der Waals surface area contributed by atoms with E-state index >= 15 is 0 Å². The molecule has 1 aromatic rings. The lowest BCUT2D eigenvalue weighted by Gasteiger charge is -2.24. The van der Waals surface area contributed by atoms with Crippen LogP contribution in [0.3, 0.4) is 0 Å². The van der Waals surface area contributed by atoms with Gasteiger partial charge in [0.1, 0.15) is 18.2 Å². The summed E-state index contributed by atoms with van der Waals surface area (Å²) in [6, 6.07) is 1.84. The summed E-state index contributed by atoms with van der Waals surface area (Å²) in [6.45, 7) is 10.7. The number of hydrogen-bond acceptors (Lipinski definition) is 4. The zero-order chi connectivity index (χ0) is 14.6. The van der Waals surface area contributed by atoms with E-state index in [0.29, 0.717) is 18.3 Å². The number of aryl methyl sites for hydroxylation is 1. The molecule has 0 spiro atoms. The normalized spacial score (nSPS) is 11.1. The van der Waals surface area contributed by atoms with Gasteiger partial charge in [0.05, 0.1) is 0 Å². The highest BCUT2D eigenvalue weighted by atomic mass is 16.4. The zero-order valence-corrected chi connectivity index (χ0v) is 12.3. The number of aromatic nitrogens is 2. The molecule has 0 aliphatic heterocycles. The van der Waals surface area contributed by atoms with Crippen molar-refractivity contribution in [2.45, 2.75) is 40.5 Å². The fraction of sp³-hybridized carbons (Fsp3) is 0.643. The number of carbonyl (C=O) groups is 1. The van der Waals surface area contributed by atoms with E-state index in [-0.39, 0.29) is 12.5 Å². The van der Waals surface area contributed by atoms with Crippen LogP contribution in [0.15, 0.2) is 6.07 Å². The van der Waals surface area contributed by atoms with Crippen molar-refractivity contribution in [3.63, 3.8) is 0 Å². The molecule has 0 aromatic carbocycles. The first-order valence-corrected chi connectivity index (χ1v) is 6.62. The van der Waals surface area contributed by atoms with Crippen molar-refractivity contribution >= 4 is 11.8 Å². The predicted molar refractivity (Wildman–Crippen MR) is 75.5 cm³/mol. The Kier molecular flexibility index (Phi) is 5.27. The van der Waals surface area contributed by atoms with Gasteiger partial charge in [0.25, 0.3) is 0 Å². The van der Waals surface area contributed by atoms with Crippen molar-refractivity contribution in [1.82, 2.24) is 9.97 Å². The second-order valence-electron chi connectivity index (χ2n) is 5.55. The molecule has 0 fully saturated rings. The number of nitrogens with zero attached hydrogens (tertiary/aromatic N) is 3. The molecule has 1 aromatic heterocycles. The van der Waals surface area contributed by atoms with Gasteiger partial charge in [0, 0.05) is 24.2 Å². The summed E-state index contributed by atoms with van der Waals surface area (Å²) in [4.78, 5) is 21.7. The molecule has 0 aliphatic carbocycles. The molecule has 5 nitrogen and oxygen atoms in total. The second-order valence-corrected chi connectivity index (χ2v) is 5.55. The fourth-order valence-electron chi connectivity index (χ4n) is 1.84. The molecule has 19 heavy (non-hydrogen) atoms. The van der Waals surface area contributed by atoms with Crippen LogP contribution in [0.25, 0.3) is 0 Å². The zero-order valence-electron chi connectivity index (χ0n) is 12.3. The number of aliphatic carboxylic acids is 1. The minimum Gasteiger partial charge on any atom is -0.480 e. The van der Waals surface area contributed by atoms with Crippen LogP contribution in [0.4, 0.5) is 5.82 Å². The number of rotatable bonds is 6. The predicted octanol–water partition coefficient (Wildman–Crippen LogP) is 2.46. The molecule has 0 unspecified atom stereocenters. The molecule has 0 saturated heterocycles. The highest BCUT2D eigenvalue weighted by Crippen LogP contribution is 2.18. The largest absolute Gasteiger partial charge is 0.480 e. The Morgan fingerprint density at radius 1 is 1.32 bits per heavy atom. The lowest BCUT2D eigenvalue weighted by Crippen LogP contribution is -2.34. The molecule has 5 heteroatoms. The molecule has 1 rings (SSSR count). The first kappa shape index (κ1) is 15.4. The number of carboxylic acids is 1. The summed E-state index contributed by atoms with van der Waals surface area (Å²) in [5, 5.41) is 9.02. The molecular weight excluding hydrogens is 242 g/mol. The molecule has 0 aliphatic rings. The third kappa shape index (κ3) is 4.85. The van der Waals surface area contributed by atoms with E-state index in [1.807, 2.05) is 26.8 Å². The van der Waals surface area contributed by atoms with Gasteiger partial charge in [-0.1, -0.05) is 27.7 Å². The quantitative estimate of drug-likeness (QED) is 0.855. The topological polar surface area (TPSA) is 66.3 Å². The van der Waals surface area contributed by atoms with Gasteiger partial charge in [-0.15, -0.1) is 0 Å². The van der Waals surface area contributed by atoms with E-state index in [2.05, 4.69) is 23.8 Å². The monoisotopic (exact) mass is 265 g/mol. The summed E-state index contributed by atoms with van der Waals surface area (Å²) in [5.41, 5.74) is 0.868. The summed E-state index contributed by atoms with van der Waals surface area (Å²) in [6.07, 6.45) is 0. The molecule has 0 bridgehead atoms. The van der Waals surface area contributed by atoms with Crippen LogP contribution in [0.1, 0.15) is 45.1 Å². The first-order chi connectivity index (χ1) is 8.79. The Balaban J connectivity index is 3.09. The highest BCUT2D eigenvalue weighted by Gasteiger charge is 2.16. The third-order valence-corrected chi connectivity index (χ3v) is 2.61. The summed E-state index contributed by atoms with van der Waals surface area (Å²) in [5.74, 6) is 1.21. The van der Waals surface area contributed by atoms with Crippen molar-refractivity contribution in [3.05, 3.63) is 17.6 Å². The van der Waals surface area contributed by atoms with Crippen molar-refractivity contribution in [1.29, 1.82) is 0 Å². The van der Waals surface area contributed by atoms with Gasteiger partial charge in [0.2, 0.25) is 0 Å². The van der Waals surface area contributed by atoms with Crippen molar-refractivity contribution < 1.29 is 9.90 Å². The maximum atomic E-state index is 11.0. The molecule has 0 saturated carbocycles. The van der Waals surface area contributed by atoms with Gasteiger partial charge >= 0.3 is 5.97 Å². The van der Waals surface area contributed by atoms with Crippen LogP contribution in [-0.2, 0) is 4.79 Å². The molecule has 0 radical (unpaired) electrons. The maximum absolute atomic E-state index is 11.0. The average molecular weight is 265 g/mol. The molecular formula is C14H23N3O2. The molecule has 0 atom stereocenters. The van der Waals surface area contributed by atoms with E-state index in [1.165, 1.54) is 0 Å². The lowest BCUT2D eigenvalue weighted by molar-refractivity contribution is -0.135. The van der Waals surface area contributed by atoms with Gasteiger partial charge in [-0.25, -0.2) is 9.97 Å². The SMILES string of the molecule is Cc1cc(N(CC(=O)O)CC(C)C)nc(C(C)C)n1. The molecule has 106 valence electrons. The van der Waals surface area contributed by atoms with E-state index in [4.69, 9.17) is 5.11 Å². The van der Waals surface area contributed by atoms with Crippen LogP contribution >= 0.6 is 0 Å². The maximum Gasteiger partial charge on any atom is 0.323 e. The van der Waals surface area contributed by atoms with Gasteiger partial charge in [-0.05, 0) is 12.8 Å². The second kappa shape index (κ2) is 6.50. The summed E-state index contributed by atoms with van der Waals surface area (Å²) >= 11 is 0. The van der Waals surface area contributed by atoms with Crippen molar-refractivity contribution in [2.75, 3.05) is 18.0 Å². The minimum absolute atomic E-state index is 0.0355. The summed E-state index contributed by atoms with van der Waals surface area (Å²) in [7, 11) is 0. The third-order valence-electron chi connectivity index (χ3n) is 2.61. The van der Waals surface area contributed by atoms with Crippen LogP contribution in [0.2, 0.25) is 0 Å². The van der Waals surface area contributed by atoms with Crippen LogP contribution in [0, 0.1) is 12.8 Å². The van der Waals surface area contributed by atoms with Gasteiger partial charge in [0.15, 0.2) is 0 Å². The van der Waals surface area contributed by atoms with Crippen LogP contribution in [-0.4, -0.2) is 34.1 Å². The summed E-state index contributed by atoms with van der Waals surface area (Å²) < 4.78 is 0.